The van der Waals surface area contributed by atoms with Crippen molar-refractivity contribution < 1.29 is 14.6 Å². The van der Waals surface area contributed by atoms with Gasteiger partial charge >= 0.3 is 5.97 Å². The van der Waals surface area contributed by atoms with Gasteiger partial charge in [-0.25, -0.2) is 0 Å². The standard InChI is InChI=1S/C11H23NO3/c1-6-8(2)12-9(10(13)14)7-11(3,4)15-5/h8-9,12H,6-7H2,1-5H3,(H,13,14). The molecule has 0 fully saturated rings. The fraction of sp³-hybridized carbons (Fsp3) is 0.909. The van der Waals surface area contributed by atoms with Crippen molar-refractivity contribution in [2.24, 2.45) is 0 Å². The minimum atomic E-state index is -0.819. The van der Waals surface area contributed by atoms with Crippen molar-refractivity contribution in [2.45, 2.75) is 58.2 Å². The molecular weight excluding hydrogens is 194 g/mol. The van der Waals surface area contributed by atoms with Gasteiger partial charge in [-0.3, -0.25) is 4.79 Å². The molecule has 2 atom stereocenters. The largest absolute Gasteiger partial charge is 0.480 e. The summed E-state index contributed by atoms with van der Waals surface area (Å²) in [5.41, 5.74) is -0.413. The molecule has 15 heavy (non-hydrogen) atoms. The molecule has 0 saturated heterocycles. The molecule has 0 aliphatic rings. The molecule has 2 unspecified atom stereocenters. The molecule has 4 heteroatoms. The van der Waals surface area contributed by atoms with E-state index in [1.807, 2.05) is 27.7 Å². The Morgan fingerprint density at radius 3 is 2.40 bits per heavy atom. The monoisotopic (exact) mass is 217 g/mol. The zero-order chi connectivity index (χ0) is 12.1. The Balaban J connectivity index is 4.35. The van der Waals surface area contributed by atoms with E-state index >= 15 is 0 Å². The fourth-order valence-corrected chi connectivity index (χ4v) is 1.25. The van der Waals surface area contributed by atoms with Crippen molar-refractivity contribution >= 4 is 5.97 Å². The summed E-state index contributed by atoms with van der Waals surface area (Å²) in [5, 5.41) is 12.1. The molecule has 0 aromatic rings. The van der Waals surface area contributed by atoms with Crippen LogP contribution in [0.4, 0.5) is 0 Å². The molecule has 90 valence electrons. The number of carboxylic acid groups (broad SMARTS) is 1. The minimum Gasteiger partial charge on any atom is -0.480 e. The highest BCUT2D eigenvalue weighted by Crippen LogP contribution is 2.16. The van der Waals surface area contributed by atoms with Gasteiger partial charge in [0.05, 0.1) is 5.60 Å². The first-order chi connectivity index (χ1) is 6.82. The summed E-state index contributed by atoms with van der Waals surface area (Å²) in [5.74, 6) is -0.819. The number of hydrogen-bond donors (Lipinski definition) is 2. The van der Waals surface area contributed by atoms with E-state index in [1.54, 1.807) is 7.11 Å². The molecule has 0 rings (SSSR count). The molecule has 0 spiro atoms. The third-order valence-electron chi connectivity index (χ3n) is 2.64. The van der Waals surface area contributed by atoms with Gasteiger partial charge in [-0.2, -0.15) is 0 Å². The van der Waals surface area contributed by atoms with Crippen LogP contribution in [0.25, 0.3) is 0 Å². The van der Waals surface area contributed by atoms with Gasteiger partial charge in [-0.1, -0.05) is 6.92 Å². The summed E-state index contributed by atoms with van der Waals surface area (Å²) in [4.78, 5) is 11.0. The lowest BCUT2D eigenvalue weighted by Crippen LogP contribution is -2.46. The number of nitrogens with one attached hydrogen (secondary N) is 1. The average molecular weight is 217 g/mol. The van der Waals surface area contributed by atoms with Crippen LogP contribution in [-0.2, 0) is 9.53 Å². The van der Waals surface area contributed by atoms with Gasteiger partial charge < -0.3 is 15.2 Å². The summed E-state index contributed by atoms with van der Waals surface area (Å²) >= 11 is 0. The number of rotatable bonds is 7. The van der Waals surface area contributed by atoms with E-state index in [2.05, 4.69) is 5.32 Å². The highest BCUT2D eigenvalue weighted by molar-refractivity contribution is 5.73. The number of carbonyl (C=O) groups is 1. The van der Waals surface area contributed by atoms with Crippen LogP contribution in [0.1, 0.15) is 40.5 Å². The third kappa shape index (κ3) is 5.74. The topological polar surface area (TPSA) is 58.6 Å². The zero-order valence-corrected chi connectivity index (χ0v) is 10.3. The first kappa shape index (κ1) is 14.4. The molecule has 0 bridgehead atoms. The van der Waals surface area contributed by atoms with Crippen molar-refractivity contribution in [3.05, 3.63) is 0 Å². The van der Waals surface area contributed by atoms with Crippen LogP contribution in [0.3, 0.4) is 0 Å². The van der Waals surface area contributed by atoms with Crippen molar-refractivity contribution in [3.8, 4) is 0 Å². The van der Waals surface area contributed by atoms with Crippen molar-refractivity contribution in [1.29, 1.82) is 0 Å². The number of carboxylic acids is 1. The summed E-state index contributed by atoms with van der Waals surface area (Å²) < 4.78 is 5.23. The maximum absolute atomic E-state index is 11.0. The van der Waals surface area contributed by atoms with Crippen LogP contribution in [0.5, 0.6) is 0 Å². The number of methoxy groups -OCH3 is 1. The predicted octanol–water partition coefficient (Wildman–Crippen LogP) is 1.64. The minimum absolute atomic E-state index is 0.207. The molecule has 0 amide bonds. The van der Waals surface area contributed by atoms with Gasteiger partial charge in [0.15, 0.2) is 0 Å². The molecule has 0 aromatic heterocycles. The van der Waals surface area contributed by atoms with Gasteiger partial charge in [-0.15, -0.1) is 0 Å². The maximum atomic E-state index is 11.0. The Morgan fingerprint density at radius 1 is 1.53 bits per heavy atom. The summed E-state index contributed by atoms with van der Waals surface area (Å²) in [7, 11) is 1.60. The van der Waals surface area contributed by atoms with Gasteiger partial charge in [0.2, 0.25) is 0 Å². The fourth-order valence-electron chi connectivity index (χ4n) is 1.25. The zero-order valence-electron chi connectivity index (χ0n) is 10.3. The van der Waals surface area contributed by atoms with Gasteiger partial charge in [0, 0.05) is 19.6 Å². The lowest BCUT2D eigenvalue weighted by Gasteiger charge is -2.28. The van der Waals surface area contributed by atoms with Crippen LogP contribution in [-0.4, -0.2) is 35.9 Å². The lowest BCUT2D eigenvalue weighted by atomic mass is 9.98. The second kappa shape index (κ2) is 6.08. The average Bonchev–Trinajstić information content (AvgIpc) is 2.16. The second-order valence-corrected chi connectivity index (χ2v) is 4.53. The van der Waals surface area contributed by atoms with E-state index in [-0.39, 0.29) is 6.04 Å². The van der Waals surface area contributed by atoms with Crippen LogP contribution < -0.4 is 5.32 Å². The predicted molar refractivity (Wildman–Crippen MR) is 60.0 cm³/mol. The quantitative estimate of drug-likeness (QED) is 0.680. The molecule has 4 nitrogen and oxygen atoms in total. The van der Waals surface area contributed by atoms with Crippen LogP contribution in [0.15, 0.2) is 0 Å². The summed E-state index contributed by atoms with van der Waals surface area (Å²) in [6.07, 6.45) is 1.38. The normalized spacial score (nSPS) is 16.1. The van der Waals surface area contributed by atoms with E-state index in [1.165, 1.54) is 0 Å². The Labute approximate surface area is 92.0 Å². The van der Waals surface area contributed by atoms with Gasteiger partial charge in [-0.05, 0) is 27.2 Å². The molecular formula is C11H23NO3. The second-order valence-electron chi connectivity index (χ2n) is 4.53. The van der Waals surface area contributed by atoms with Crippen molar-refractivity contribution in [3.63, 3.8) is 0 Å². The third-order valence-corrected chi connectivity index (χ3v) is 2.64. The van der Waals surface area contributed by atoms with E-state index < -0.39 is 17.6 Å². The Hall–Kier alpha value is -0.610. The number of ether oxygens (including phenoxy) is 1. The molecule has 0 aromatic carbocycles. The summed E-state index contributed by atoms with van der Waals surface area (Å²) in [6.45, 7) is 7.79. The van der Waals surface area contributed by atoms with Gasteiger partial charge in [0.25, 0.3) is 0 Å². The lowest BCUT2D eigenvalue weighted by molar-refractivity contribution is -0.141. The Bertz CT molecular complexity index is 204. The highest BCUT2D eigenvalue weighted by Gasteiger charge is 2.28. The van der Waals surface area contributed by atoms with E-state index in [0.29, 0.717) is 6.42 Å². The van der Waals surface area contributed by atoms with Crippen LogP contribution in [0, 0.1) is 0 Å². The van der Waals surface area contributed by atoms with E-state index in [4.69, 9.17) is 9.84 Å². The highest BCUT2D eigenvalue weighted by atomic mass is 16.5. The van der Waals surface area contributed by atoms with Crippen molar-refractivity contribution in [2.75, 3.05) is 7.11 Å². The van der Waals surface area contributed by atoms with Gasteiger partial charge in [0.1, 0.15) is 6.04 Å². The first-order valence-electron chi connectivity index (χ1n) is 5.36. The molecule has 0 radical (unpaired) electrons. The maximum Gasteiger partial charge on any atom is 0.320 e. The molecule has 2 N–H and O–H groups in total. The Morgan fingerprint density at radius 2 is 2.07 bits per heavy atom. The Kier molecular flexibility index (Phi) is 5.83. The van der Waals surface area contributed by atoms with E-state index in [9.17, 15) is 4.79 Å². The molecule has 0 aliphatic carbocycles. The van der Waals surface area contributed by atoms with E-state index in [0.717, 1.165) is 6.42 Å². The molecule has 0 heterocycles. The molecule has 0 aliphatic heterocycles. The van der Waals surface area contributed by atoms with Crippen molar-refractivity contribution in [1.82, 2.24) is 5.32 Å². The smallest absolute Gasteiger partial charge is 0.320 e. The number of aliphatic carboxylic acids is 1. The van der Waals surface area contributed by atoms with Crippen LogP contribution >= 0.6 is 0 Å². The SMILES string of the molecule is CCC(C)NC(CC(C)(C)OC)C(=O)O. The number of hydrogen-bond acceptors (Lipinski definition) is 3. The summed E-state index contributed by atoms with van der Waals surface area (Å²) in [6, 6.07) is -0.339. The molecule has 0 saturated carbocycles. The first-order valence-corrected chi connectivity index (χ1v) is 5.36. The van der Waals surface area contributed by atoms with Crippen LogP contribution in [0.2, 0.25) is 0 Å².